The van der Waals surface area contributed by atoms with Crippen molar-refractivity contribution in [3.05, 3.63) is 78.0 Å². The lowest BCUT2D eigenvalue weighted by Crippen LogP contribution is -2.19. The van der Waals surface area contributed by atoms with Gasteiger partial charge in [-0.25, -0.2) is 0 Å². The number of rotatable bonds is 8. The fourth-order valence-corrected chi connectivity index (χ4v) is 2.76. The Balaban J connectivity index is 1.47. The number of aliphatic hydroxyl groups excluding tert-OH is 1. The molecule has 128 valence electrons. The third kappa shape index (κ3) is 4.66. The Bertz CT molecular complexity index is 863. The van der Waals surface area contributed by atoms with E-state index in [1.165, 1.54) is 22.5 Å². The molecule has 0 saturated carbocycles. The Morgan fingerprint density at radius 2 is 1.88 bits per heavy atom. The summed E-state index contributed by atoms with van der Waals surface area (Å²) in [6.07, 6.45) is 5.24. The molecule has 0 unspecified atom stereocenters. The average Bonchev–Trinajstić information content (AvgIpc) is 3.07. The summed E-state index contributed by atoms with van der Waals surface area (Å²) in [6.45, 7) is 2.18. The van der Waals surface area contributed by atoms with Gasteiger partial charge in [-0.2, -0.15) is 0 Å². The first kappa shape index (κ1) is 17.1. The van der Waals surface area contributed by atoms with Crippen molar-refractivity contribution in [1.82, 2.24) is 9.88 Å². The van der Waals surface area contributed by atoms with Gasteiger partial charge < -0.3 is 15.0 Å². The molecule has 3 aromatic rings. The highest BCUT2D eigenvalue weighted by Gasteiger charge is 1.99. The van der Waals surface area contributed by atoms with E-state index in [0.717, 1.165) is 25.2 Å². The summed E-state index contributed by atoms with van der Waals surface area (Å²) in [5.74, 6) is -0.289. The second kappa shape index (κ2) is 8.42. The van der Waals surface area contributed by atoms with Gasteiger partial charge in [0.2, 0.25) is 0 Å². The van der Waals surface area contributed by atoms with Gasteiger partial charge in [-0.1, -0.05) is 48.5 Å². The van der Waals surface area contributed by atoms with Crippen molar-refractivity contribution < 1.29 is 9.90 Å². The molecule has 0 radical (unpaired) electrons. The van der Waals surface area contributed by atoms with Gasteiger partial charge in [0.1, 0.15) is 6.61 Å². The number of nitrogens with zero attached hydrogens (tertiary/aromatic N) is 1. The smallest absolute Gasteiger partial charge is 0.181 e. The number of para-hydroxylation sites is 1. The first-order valence-electron chi connectivity index (χ1n) is 8.41. The van der Waals surface area contributed by atoms with Crippen molar-refractivity contribution in [2.24, 2.45) is 0 Å². The SMILES string of the molecule is O=C(/C=C/c1ccc(CNCCn2ccc3ccccc32)cc1)CO. The zero-order valence-electron chi connectivity index (χ0n) is 14.1. The van der Waals surface area contributed by atoms with Crippen LogP contribution >= 0.6 is 0 Å². The Labute approximate surface area is 147 Å². The lowest BCUT2D eigenvalue weighted by atomic mass is 10.1. The maximum absolute atomic E-state index is 11.1. The van der Waals surface area contributed by atoms with Crippen LogP contribution in [0, 0.1) is 0 Å². The highest BCUT2D eigenvalue weighted by atomic mass is 16.3. The number of carbonyl (C=O) groups is 1. The van der Waals surface area contributed by atoms with Gasteiger partial charge in [0, 0.05) is 31.3 Å². The van der Waals surface area contributed by atoms with E-state index < -0.39 is 6.61 Å². The number of aliphatic hydroxyl groups is 1. The normalized spacial score (nSPS) is 11.4. The second-order valence-electron chi connectivity index (χ2n) is 5.94. The Morgan fingerprint density at radius 1 is 1.08 bits per heavy atom. The van der Waals surface area contributed by atoms with Crippen LogP contribution in [0.5, 0.6) is 0 Å². The van der Waals surface area contributed by atoms with Crippen LogP contribution in [-0.2, 0) is 17.9 Å². The molecule has 4 heteroatoms. The molecule has 0 amide bonds. The van der Waals surface area contributed by atoms with Gasteiger partial charge in [-0.15, -0.1) is 0 Å². The number of carbonyl (C=O) groups excluding carboxylic acids is 1. The largest absolute Gasteiger partial charge is 0.388 e. The summed E-state index contributed by atoms with van der Waals surface area (Å²) in [5, 5.41) is 13.4. The summed E-state index contributed by atoms with van der Waals surface area (Å²) in [6, 6.07) is 18.6. The molecule has 0 fully saturated rings. The molecule has 0 saturated heterocycles. The van der Waals surface area contributed by atoms with E-state index in [0.29, 0.717) is 0 Å². The van der Waals surface area contributed by atoms with Gasteiger partial charge in [0.05, 0.1) is 0 Å². The van der Waals surface area contributed by atoms with E-state index in [9.17, 15) is 4.79 Å². The van der Waals surface area contributed by atoms with E-state index in [4.69, 9.17) is 5.11 Å². The van der Waals surface area contributed by atoms with Crippen LogP contribution in [0.25, 0.3) is 17.0 Å². The van der Waals surface area contributed by atoms with Crippen LogP contribution in [-0.4, -0.2) is 28.6 Å². The second-order valence-corrected chi connectivity index (χ2v) is 5.94. The molecule has 0 bridgehead atoms. The zero-order chi connectivity index (χ0) is 17.5. The summed E-state index contributed by atoms with van der Waals surface area (Å²) in [7, 11) is 0. The first-order valence-corrected chi connectivity index (χ1v) is 8.41. The number of benzene rings is 2. The van der Waals surface area contributed by atoms with Crippen molar-refractivity contribution in [3.8, 4) is 0 Å². The van der Waals surface area contributed by atoms with Crippen molar-refractivity contribution in [3.63, 3.8) is 0 Å². The number of nitrogens with one attached hydrogen (secondary N) is 1. The van der Waals surface area contributed by atoms with Crippen LogP contribution in [0.1, 0.15) is 11.1 Å². The third-order valence-corrected chi connectivity index (χ3v) is 4.14. The Morgan fingerprint density at radius 3 is 2.68 bits per heavy atom. The standard InChI is InChI=1S/C21H22N2O2/c24-16-20(25)10-9-17-5-7-18(8-6-17)15-22-12-14-23-13-11-19-3-1-2-4-21(19)23/h1-11,13,22,24H,12,14-16H2/b10-9+. The topological polar surface area (TPSA) is 54.3 Å². The minimum Gasteiger partial charge on any atom is -0.388 e. The molecular weight excluding hydrogens is 312 g/mol. The fraction of sp³-hybridized carbons (Fsp3) is 0.190. The van der Waals surface area contributed by atoms with E-state index in [-0.39, 0.29) is 5.78 Å². The van der Waals surface area contributed by atoms with Gasteiger partial charge >= 0.3 is 0 Å². The Hall–Kier alpha value is -2.69. The van der Waals surface area contributed by atoms with Crippen molar-refractivity contribution >= 4 is 22.8 Å². The molecule has 1 heterocycles. The molecule has 0 spiro atoms. The number of hydrogen-bond acceptors (Lipinski definition) is 3. The predicted molar refractivity (Wildman–Crippen MR) is 101 cm³/mol. The van der Waals surface area contributed by atoms with Crippen LogP contribution in [0.2, 0.25) is 0 Å². The summed E-state index contributed by atoms with van der Waals surface area (Å²) in [4.78, 5) is 11.1. The molecule has 1 aromatic heterocycles. The monoisotopic (exact) mass is 334 g/mol. The summed E-state index contributed by atoms with van der Waals surface area (Å²) in [5.41, 5.74) is 3.41. The van der Waals surface area contributed by atoms with Gasteiger partial charge in [-0.05, 0) is 34.7 Å². The highest BCUT2D eigenvalue weighted by Crippen LogP contribution is 2.14. The van der Waals surface area contributed by atoms with E-state index in [2.05, 4.69) is 46.4 Å². The van der Waals surface area contributed by atoms with E-state index in [1.807, 2.05) is 24.3 Å². The van der Waals surface area contributed by atoms with Crippen LogP contribution in [0.15, 0.2) is 66.9 Å². The Kier molecular flexibility index (Phi) is 5.77. The maximum Gasteiger partial charge on any atom is 0.181 e. The van der Waals surface area contributed by atoms with Crippen molar-refractivity contribution in [2.45, 2.75) is 13.1 Å². The van der Waals surface area contributed by atoms with E-state index in [1.54, 1.807) is 6.08 Å². The molecule has 0 aliphatic rings. The van der Waals surface area contributed by atoms with Crippen LogP contribution in [0.4, 0.5) is 0 Å². The molecule has 2 aromatic carbocycles. The summed E-state index contributed by atoms with van der Waals surface area (Å²) >= 11 is 0. The molecule has 3 rings (SSSR count). The number of fused-ring (bicyclic) bond motifs is 1. The molecular formula is C21H22N2O2. The van der Waals surface area contributed by atoms with Crippen LogP contribution < -0.4 is 5.32 Å². The molecule has 0 aliphatic heterocycles. The summed E-state index contributed by atoms with van der Waals surface area (Å²) < 4.78 is 2.26. The highest BCUT2D eigenvalue weighted by molar-refractivity contribution is 5.94. The minimum absolute atomic E-state index is 0.289. The first-order chi connectivity index (χ1) is 12.3. The zero-order valence-corrected chi connectivity index (χ0v) is 14.1. The lowest BCUT2D eigenvalue weighted by molar-refractivity contribution is -0.117. The van der Waals surface area contributed by atoms with Crippen molar-refractivity contribution in [1.29, 1.82) is 0 Å². The number of hydrogen-bond donors (Lipinski definition) is 2. The minimum atomic E-state index is -0.449. The third-order valence-electron chi connectivity index (χ3n) is 4.14. The molecule has 4 nitrogen and oxygen atoms in total. The van der Waals surface area contributed by atoms with Crippen LogP contribution in [0.3, 0.4) is 0 Å². The van der Waals surface area contributed by atoms with Gasteiger partial charge in [0.15, 0.2) is 5.78 Å². The number of aromatic nitrogens is 1. The van der Waals surface area contributed by atoms with Crippen molar-refractivity contribution in [2.75, 3.05) is 13.2 Å². The van der Waals surface area contributed by atoms with E-state index >= 15 is 0 Å². The molecule has 0 aliphatic carbocycles. The predicted octanol–water partition coefficient (Wildman–Crippen LogP) is 3.01. The average molecular weight is 334 g/mol. The maximum atomic E-state index is 11.1. The number of ketones is 1. The lowest BCUT2D eigenvalue weighted by Gasteiger charge is -2.08. The molecule has 2 N–H and O–H groups in total. The van der Waals surface area contributed by atoms with Gasteiger partial charge in [-0.3, -0.25) is 4.79 Å². The fourth-order valence-electron chi connectivity index (χ4n) is 2.76. The quantitative estimate of drug-likeness (QED) is 0.492. The molecule has 25 heavy (non-hydrogen) atoms. The van der Waals surface area contributed by atoms with Gasteiger partial charge in [0.25, 0.3) is 0 Å². The molecule has 0 atom stereocenters.